The minimum atomic E-state index is -0.194. The lowest BCUT2D eigenvalue weighted by Gasteiger charge is -2.00. The molecule has 0 aliphatic heterocycles. The molecular formula is C9H11N3O2. The first-order chi connectivity index (χ1) is 6.84. The van der Waals surface area contributed by atoms with Gasteiger partial charge >= 0.3 is 0 Å². The van der Waals surface area contributed by atoms with Crippen molar-refractivity contribution in [3.05, 3.63) is 35.9 Å². The van der Waals surface area contributed by atoms with E-state index in [1.807, 2.05) is 6.07 Å². The van der Waals surface area contributed by atoms with Crippen molar-refractivity contribution >= 4 is 12.2 Å². The summed E-state index contributed by atoms with van der Waals surface area (Å²) >= 11 is 0. The maximum atomic E-state index is 11.3. The number of nitrogens with zero attached hydrogens (tertiary/aromatic N) is 1. The number of carbonyl (C=O) groups excluding carboxylic acids is 1. The predicted octanol–water partition coefficient (Wildman–Crippen LogP) is 0.381. The fourth-order valence-electron chi connectivity index (χ4n) is 0.896. The van der Waals surface area contributed by atoms with Crippen molar-refractivity contribution in [1.29, 1.82) is 0 Å². The van der Waals surface area contributed by atoms with Crippen LogP contribution >= 0.6 is 0 Å². The molecular weight excluding hydrogens is 182 g/mol. The van der Waals surface area contributed by atoms with Gasteiger partial charge in [-0.15, -0.1) is 0 Å². The SMILES string of the molecule is O=C(NCN=CNO)c1ccccc1. The van der Waals surface area contributed by atoms with E-state index < -0.39 is 0 Å². The third-order valence-electron chi connectivity index (χ3n) is 1.52. The number of rotatable bonds is 4. The quantitative estimate of drug-likeness (QED) is 0.367. The van der Waals surface area contributed by atoms with Gasteiger partial charge in [0.25, 0.3) is 5.91 Å². The molecule has 0 aliphatic carbocycles. The van der Waals surface area contributed by atoms with Gasteiger partial charge in [-0.25, -0.2) is 0 Å². The molecule has 5 heteroatoms. The van der Waals surface area contributed by atoms with Gasteiger partial charge in [0.2, 0.25) is 0 Å². The van der Waals surface area contributed by atoms with E-state index in [0.29, 0.717) is 5.56 Å². The monoisotopic (exact) mass is 193 g/mol. The first-order valence-corrected chi connectivity index (χ1v) is 4.06. The molecule has 1 amide bonds. The Morgan fingerprint density at radius 3 is 2.79 bits per heavy atom. The smallest absolute Gasteiger partial charge is 0.252 e. The minimum absolute atomic E-state index is 0.126. The van der Waals surface area contributed by atoms with E-state index in [-0.39, 0.29) is 12.6 Å². The molecule has 1 aromatic rings. The number of benzene rings is 1. The van der Waals surface area contributed by atoms with Crippen LogP contribution in [0.25, 0.3) is 0 Å². The normalized spacial score (nSPS) is 10.1. The number of nitrogens with one attached hydrogen (secondary N) is 2. The van der Waals surface area contributed by atoms with Crippen molar-refractivity contribution in [2.75, 3.05) is 6.67 Å². The van der Waals surface area contributed by atoms with Gasteiger partial charge in [-0.3, -0.25) is 20.5 Å². The number of amides is 1. The van der Waals surface area contributed by atoms with E-state index in [1.165, 1.54) is 0 Å². The molecule has 1 rings (SSSR count). The first-order valence-electron chi connectivity index (χ1n) is 4.06. The van der Waals surface area contributed by atoms with Crippen LogP contribution in [0.1, 0.15) is 10.4 Å². The van der Waals surface area contributed by atoms with Gasteiger partial charge in [0, 0.05) is 5.56 Å². The average Bonchev–Trinajstić information content (AvgIpc) is 2.25. The van der Waals surface area contributed by atoms with E-state index in [2.05, 4.69) is 10.3 Å². The summed E-state index contributed by atoms with van der Waals surface area (Å²) in [6.45, 7) is 0.126. The van der Waals surface area contributed by atoms with Crippen molar-refractivity contribution in [3.8, 4) is 0 Å². The van der Waals surface area contributed by atoms with Crippen LogP contribution < -0.4 is 10.8 Å². The Balaban J connectivity index is 2.40. The second kappa shape index (κ2) is 5.71. The Morgan fingerprint density at radius 1 is 1.43 bits per heavy atom. The molecule has 0 aromatic heterocycles. The average molecular weight is 193 g/mol. The summed E-state index contributed by atoms with van der Waals surface area (Å²) < 4.78 is 0. The van der Waals surface area contributed by atoms with E-state index in [9.17, 15) is 4.79 Å². The highest BCUT2D eigenvalue weighted by atomic mass is 16.5. The van der Waals surface area contributed by atoms with Crippen molar-refractivity contribution in [2.45, 2.75) is 0 Å². The van der Waals surface area contributed by atoms with Gasteiger partial charge < -0.3 is 5.32 Å². The van der Waals surface area contributed by atoms with Crippen LogP contribution in [0.5, 0.6) is 0 Å². The van der Waals surface area contributed by atoms with E-state index in [1.54, 1.807) is 29.7 Å². The Morgan fingerprint density at radius 2 is 2.14 bits per heavy atom. The molecule has 0 saturated heterocycles. The van der Waals surface area contributed by atoms with Crippen LogP contribution in [0.2, 0.25) is 0 Å². The van der Waals surface area contributed by atoms with Crippen LogP contribution in [0, 0.1) is 0 Å². The molecule has 5 nitrogen and oxygen atoms in total. The topological polar surface area (TPSA) is 73.7 Å². The zero-order chi connectivity index (χ0) is 10.2. The number of hydrogen-bond donors (Lipinski definition) is 3. The van der Waals surface area contributed by atoms with Gasteiger partial charge in [0.15, 0.2) is 0 Å². The molecule has 14 heavy (non-hydrogen) atoms. The largest absolute Gasteiger partial charge is 0.333 e. The molecule has 74 valence electrons. The minimum Gasteiger partial charge on any atom is -0.333 e. The molecule has 0 saturated carbocycles. The van der Waals surface area contributed by atoms with Crippen LogP contribution in [0.15, 0.2) is 35.3 Å². The summed E-state index contributed by atoms with van der Waals surface area (Å²) in [6, 6.07) is 8.83. The van der Waals surface area contributed by atoms with Crippen LogP contribution in [0.3, 0.4) is 0 Å². The zero-order valence-corrected chi connectivity index (χ0v) is 7.47. The summed E-state index contributed by atoms with van der Waals surface area (Å²) in [6.07, 6.45) is 1.09. The fourth-order valence-corrected chi connectivity index (χ4v) is 0.896. The van der Waals surface area contributed by atoms with Crippen molar-refractivity contribution < 1.29 is 10.0 Å². The molecule has 1 aromatic carbocycles. The maximum Gasteiger partial charge on any atom is 0.252 e. The van der Waals surface area contributed by atoms with Gasteiger partial charge in [0.05, 0.1) is 0 Å². The maximum absolute atomic E-state index is 11.3. The Labute approximate surface area is 81.4 Å². The van der Waals surface area contributed by atoms with Gasteiger partial charge in [-0.05, 0) is 12.1 Å². The Kier molecular flexibility index (Phi) is 4.16. The van der Waals surface area contributed by atoms with Gasteiger partial charge in [-0.1, -0.05) is 18.2 Å². The summed E-state index contributed by atoms with van der Waals surface area (Å²) in [5.41, 5.74) is 2.32. The molecule has 3 N–H and O–H groups in total. The van der Waals surface area contributed by atoms with Crippen molar-refractivity contribution in [3.63, 3.8) is 0 Å². The van der Waals surface area contributed by atoms with Gasteiger partial charge in [-0.2, -0.15) is 0 Å². The molecule has 0 radical (unpaired) electrons. The van der Waals surface area contributed by atoms with E-state index >= 15 is 0 Å². The molecule has 0 aliphatic rings. The van der Waals surface area contributed by atoms with Crippen LogP contribution in [-0.2, 0) is 0 Å². The van der Waals surface area contributed by atoms with E-state index in [4.69, 9.17) is 5.21 Å². The third kappa shape index (κ3) is 3.24. The number of hydroxylamine groups is 1. The molecule has 0 atom stereocenters. The zero-order valence-electron chi connectivity index (χ0n) is 7.47. The number of hydrogen-bond acceptors (Lipinski definition) is 3. The van der Waals surface area contributed by atoms with E-state index in [0.717, 1.165) is 6.34 Å². The molecule has 0 heterocycles. The highest BCUT2D eigenvalue weighted by molar-refractivity contribution is 5.94. The summed E-state index contributed by atoms with van der Waals surface area (Å²) in [5, 5.41) is 10.7. The molecule has 0 unspecified atom stereocenters. The van der Waals surface area contributed by atoms with Gasteiger partial charge in [0.1, 0.15) is 13.0 Å². The lowest BCUT2D eigenvalue weighted by atomic mass is 10.2. The summed E-state index contributed by atoms with van der Waals surface area (Å²) in [4.78, 5) is 15.0. The summed E-state index contributed by atoms with van der Waals surface area (Å²) in [5.74, 6) is -0.194. The second-order valence-electron chi connectivity index (χ2n) is 2.47. The van der Waals surface area contributed by atoms with Crippen molar-refractivity contribution in [2.24, 2.45) is 4.99 Å². The van der Waals surface area contributed by atoms with Crippen molar-refractivity contribution in [1.82, 2.24) is 10.8 Å². The number of aliphatic imine (C=N–C) groups is 1. The first kappa shape index (κ1) is 10.2. The highest BCUT2D eigenvalue weighted by Crippen LogP contribution is 1.96. The lowest BCUT2D eigenvalue weighted by molar-refractivity contribution is 0.0955. The second-order valence-corrected chi connectivity index (χ2v) is 2.47. The molecule has 0 spiro atoms. The van der Waals surface area contributed by atoms with Crippen LogP contribution in [-0.4, -0.2) is 24.1 Å². The third-order valence-corrected chi connectivity index (χ3v) is 1.52. The van der Waals surface area contributed by atoms with Crippen LogP contribution in [0.4, 0.5) is 0 Å². The highest BCUT2D eigenvalue weighted by Gasteiger charge is 2.00. The number of carbonyl (C=O) groups is 1. The fraction of sp³-hybridized carbons (Fsp3) is 0.111. The molecule has 0 fully saturated rings. The Bertz CT molecular complexity index is 311. The lowest BCUT2D eigenvalue weighted by Crippen LogP contribution is -2.23. The molecule has 0 bridgehead atoms. The predicted molar refractivity (Wildman–Crippen MR) is 52.2 cm³/mol. The Hall–Kier alpha value is -1.88. The summed E-state index contributed by atoms with van der Waals surface area (Å²) in [7, 11) is 0. The standard InChI is InChI=1S/C9H11N3O2/c13-9(11-6-10-7-12-14)8-4-2-1-3-5-8/h1-5,7,14H,6H2,(H,10,12)(H,11,13).